The summed E-state index contributed by atoms with van der Waals surface area (Å²) in [6.07, 6.45) is -0.740. The monoisotopic (exact) mass is 421 g/mol. The molecule has 0 unspecified atom stereocenters. The van der Waals surface area contributed by atoms with Crippen LogP contribution in [0, 0.1) is 13.8 Å². The molecular formula is C23H23N3O5. The second-order valence-corrected chi connectivity index (χ2v) is 7.23. The third kappa shape index (κ3) is 4.48. The van der Waals surface area contributed by atoms with Crippen LogP contribution in [-0.2, 0) is 4.79 Å². The average Bonchev–Trinajstić information content (AvgIpc) is 3.35. The molecule has 8 heteroatoms. The van der Waals surface area contributed by atoms with Gasteiger partial charge in [-0.3, -0.25) is 19.7 Å². The molecule has 0 spiro atoms. The molecule has 0 radical (unpaired) electrons. The number of amides is 2. The fourth-order valence-electron chi connectivity index (χ4n) is 3.17. The Bertz CT molecular complexity index is 1100. The summed E-state index contributed by atoms with van der Waals surface area (Å²) in [5.41, 5.74) is 5.80. The smallest absolute Gasteiger partial charge is 0.270 e. The molecule has 0 fully saturated rings. The summed E-state index contributed by atoms with van der Waals surface area (Å²) in [5, 5.41) is 2.79. The molecule has 2 amide bonds. The van der Waals surface area contributed by atoms with Crippen molar-refractivity contribution in [3.05, 3.63) is 71.5 Å². The number of ether oxygens (including phenoxy) is 3. The number of benzene rings is 2. The Morgan fingerprint density at radius 2 is 1.65 bits per heavy atom. The van der Waals surface area contributed by atoms with Crippen molar-refractivity contribution in [2.45, 2.75) is 26.9 Å². The lowest BCUT2D eigenvalue weighted by Crippen LogP contribution is -2.30. The SMILES string of the molecule is Cc1ccc(C)n1NC(=O)c1ccc(O[C@@H](C)C(=O)Nc2ccc3c(c2)OCO3)cc1. The van der Waals surface area contributed by atoms with Crippen LogP contribution in [0.2, 0.25) is 0 Å². The Morgan fingerprint density at radius 3 is 2.35 bits per heavy atom. The van der Waals surface area contributed by atoms with E-state index in [1.54, 1.807) is 54.1 Å². The minimum atomic E-state index is -0.740. The van der Waals surface area contributed by atoms with E-state index in [1.165, 1.54) is 0 Å². The van der Waals surface area contributed by atoms with E-state index in [-0.39, 0.29) is 18.6 Å². The number of carbonyl (C=O) groups is 2. The van der Waals surface area contributed by atoms with E-state index >= 15 is 0 Å². The molecule has 1 aliphatic rings. The predicted molar refractivity (Wildman–Crippen MR) is 115 cm³/mol. The molecule has 0 saturated carbocycles. The second kappa shape index (κ2) is 8.43. The first kappa shape index (κ1) is 20.3. The number of aromatic nitrogens is 1. The molecule has 2 N–H and O–H groups in total. The van der Waals surface area contributed by atoms with Crippen LogP contribution in [0.3, 0.4) is 0 Å². The van der Waals surface area contributed by atoms with Gasteiger partial charge in [0.15, 0.2) is 17.6 Å². The second-order valence-electron chi connectivity index (χ2n) is 7.23. The van der Waals surface area contributed by atoms with Crippen LogP contribution in [-0.4, -0.2) is 29.4 Å². The van der Waals surface area contributed by atoms with Gasteiger partial charge < -0.3 is 19.5 Å². The van der Waals surface area contributed by atoms with Gasteiger partial charge in [-0.2, -0.15) is 0 Å². The fraction of sp³-hybridized carbons (Fsp3) is 0.217. The highest BCUT2D eigenvalue weighted by atomic mass is 16.7. The summed E-state index contributed by atoms with van der Waals surface area (Å²) in [7, 11) is 0. The van der Waals surface area contributed by atoms with Crippen LogP contribution in [0.25, 0.3) is 0 Å². The lowest BCUT2D eigenvalue weighted by molar-refractivity contribution is -0.122. The first-order valence-electron chi connectivity index (χ1n) is 9.84. The van der Waals surface area contributed by atoms with E-state index in [9.17, 15) is 9.59 Å². The molecule has 2 aromatic carbocycles. The van der Waals surface area contributed by atoms with E-state index in [2.05, 4.69) is 10.7 Å². The zero-order valence-corrected chi connectivity index (χ0v) is 17.5. The number of hydrogen-bond acceptors (Lipinski definition) is 5. The van der Waals surface area contributed by atoms with Crippen molar-refractivity contribution in [1.82, 2.24) is 4.68 Å². The van der Waals surface area contributed by atoms with Gasteiger partial charge in [0.2, 0.25) is 6.79 Å². The Morgan fingerprint density at radius 1 is 0.968 bits per heavy atom. The highest BCUT2D eigenvalue weighted by Crippen LogP contribution is 2.34. The Labute approximate surface area is 179 Å². The average molecular weight is 421 g/mol. The van der Waals surface area contributed by atoms with Crippen molar-refractivity contribution in [3.63, 3.8) is 0 Å². The van der Waals surface area contributed by atoms with Gasteiger partial charge >= 0.3 is 0 Å². The minimum Gasteiger partial charge on any atom is -0.481 e. The first-order valence-corrected chi connectivity index (χ1v) is 9.84. The van der Waals surface area contributed by atoms with E-state index in [0.717, 1.165) is 11.4 Å². The molecule has 1 atom stereocenters. The maximum Gasteiger partial charge on any atom is 0.270 e. The van der Waals surface area contributed by atoms with Crippen molar-refractivity contribution in [1.29, 1.82) is 0 Å². The normalized spacial score (nSPS) is 12.9. The van der Waals surface area contributed by atoms with E-state index in [0.29, 0.717) is 28.5 Å². The van der Waals surface area contributed by atoms with Crippen LogP contribution in [0.1, 0.15) is 28.7 Å². The van der Waals surface area contributed by atoms with Crippen molar-refractivity contribution >= 4 is 17.5 Å². The molecule has 1 aromatic heterocycles. The summed E-state index contributed by atoms with van der Waals surface area (Å²) in [6, 6.07) is 15.7. The van der Waals surface area contributed by atoms with Crippen LogP contribution in [0.15, 0.2) is 54.6 Å². The summed E-state index contributed by atoms with van der Waals surface area (Å²) >= 11 is 0. The molecule has 8 nitrogen and oxygen atoms in total. The van der Waals surface area contributed by atoms with Gasteiger partial charge in [-0.25, -0.2) is 0 Å². The van der Waals surface area contributed by atoms with Gasteiger partial charge in [0.25, 0.3) is 11.8 Å². The first-order chi connectivity index (χ1) is 14.9. The lowest BCUT2D eigenvalue weighted by Gasteiger charge is -2.15. The van der Waals surface area contributed by atoms with E-state index < -0.39 is 6.10 Å². The van der Waals surface area contributed by atoms with Crippen LogP contribution in [0.5, 0.6) is 17.2 Å². The molecule has 31 heavy (non-hydrogen) atoms. The quantitative estimate of drug-likeness (QED) is 0.634. The number of rotatable bonds is 6. The Hall–Kier alpha value is -3.94. The third-order valence-corrected chi connectivity index (χ3v) is 4.92. The number of anilines is 1. The number of nitrogens with one attached hydrogen (secondary N) is 2. The van der Waals surface area contributed by atoms with Crippen LogP contribution < -0.4 is 25.0 Å². The Kier molecular flexibility index (Phi) is 5.53. The Balaban J connectivity index is 1.34. The molecule has 4 rings (SSSR count). The molecule has 0 bridgehead atoms. The maximum atomic E-state index is 12.5. The van der Waals surface area contributed by atoms with E-state index in [4.69, 9.17) is 14.2 Å². The topological polar surface area (TPSA) is 90.8 Å². The highest BCUT2D eigenvalue weighted by molar-refractivity contribution is 6.00. The lowest BCUT2D eigenvalue weighted by atomic mass is 10.2. The van der Waals surface area contributed by atoms with Gasteiger partial charge in [-0.05, 0) is 69.3 Å². The predicted octanol–water partition coefficient (Wildman–Crippen LogP) is 3.62. The number of nitrogens with zero attached hydrogens (tertiary/aromatic N) is 1. The molecule has 0 aliphatic carbocycles. The fourth-order valence-corrected chi connectivity index (χ4v) is 3.17. The van der Waals surface area contributed by atoms with Gasteiger partial charge in [-0.1, -0.05) is 0 Å². The van der Waals surface area contributed by atoms with Crippen molar-refractivity contribution in [2.75, 3.05) is 17.5 Å². The molecule has 0 saturated heterocycles. The highest BCUT2D eigenvalue weighted by Gasteiger charge is 2.18. The zero-order chi connectivity index (χ0) is 22.0. The van der Waals surface area contributed by atoms with Crippen molar-refractivity contribution < 1.29 is 23.8 Å². The summed E-state index contributed by atoms with van der Waals surface area (Å²) in [5.74, 6) is 1.18. The summed E-state index contributed by atoms with van der Waals surface area (Å²) in [6.45, 7) is 5.66. The van der Waals surface area contributed by atoms with Gasteiger partial charge in [-0.15, -0.1) is 0 Å². The van der Waals surface area contributed by atoms with Gasteiger partial charge in [0, 0.05) is 28.7 Å². The summed E-state index contributed by atoms with van der Waals surface area (Å²) < 4.78 is 18.0. The number of hydrogen-bond donors (Lipinski definition) is 2. The van der Waals surface area contributed by atoms with Crippen LogP contribution in [0.4, 0.5) is 5.69 Å². The van der Waals surface area contributed by atoms with Gasteiger partial charge in [0.1, 0.15) is 5.75 Å². The van der Waals surface area contributed by atoms with Gasteiger partial charge in [0.05, 0.1) is 0 Å². The minimum absolute atomic E-state index is 0.172. The number of fused-ring (bicyclic) bond motifs is 1. The third-order valence-electron chi connectivity index (χ3n) is 4.92. The van der Waals surface area contributed by atoms with Crippen molar-refractivity contribution in [3.8, 4) is 17.2 Å². The van der Waals surface area contributed by atoms with E-state index in [1.807, 2.05) is 26.0 Å². The van der Waals surface area contributed by atoms with Crippen LogP contribution >= 0.6 is 0 Å². The zero-order valence-electron chi connectivity index (χ0n) is 17.5. The largest absolute Gasteiger partial charge is 0.481 e. The number of carbonyl (C=O) groups excluding carboxylic acids is 2. The molecule has 2 heterocycles. The standard InChI is InChI=1S/C23H23N3O5/c1-14-4-5-15(2)26(14)25-23(28)17-6-9-19(10-7-17)31-16(3)22(27)24-18-8-11-20-21(12-18)30-13-29-20/h4-12,16H,13H2,1-3H3,(H,24,27)(H,25,28)/t16-/m0/s1. The number of aryl methyl sites for hydroxylation is 2. The summed E-state index contributed by atoms with van der Waals surface area (Å²) in [4.78, 5) is 24.9. The van der Waals surface area contributed by atoms with Crippen molar-refractivity contribution in [2.24, 2.45) is 0 Å². The molecule has 1 aliphatic heterocycles. The molecular weight excluding hydrogens is 398 g/mol. The maximum absolute atomic E-state index is 12.5. The molecule has 160 valence electrons. The molecule has 3 aromatic rings.